The van der Waals surface area contributed by atoms with E-state index in [1.807, 2.05) is 37.3 Å². The Bertz CT molecular complexity index is 1610. The minimum atomic E-state index is -1.23. The molecule has 9 heteroatoms. The number of amides is 1. The van der Waals surface area contributed by atoms with E-state index in [1.165, 1.54) is 35.9 Å². The van der Waals surface area contributed by atoms with Gasteiger partial charge >= 0.3 is 5.97 Å². The fourth-order valence-electron chi connectivity index (χ4n) is 4.40. The molecule has 0 unspecified atom stereocenters. The average molecular weight is 578 g/mol. The fourth-order valence-corrected chi connectivity index (χ4v) is 4.63. The molecule has 0 aliphatic heterocycles. The van der Waals surface area contributed by atoms with Crippen LogP contribution in [0.4, 0.5) is 4.39 Å². The van der Waals surface area contributed by atoms with Crippen molar-refractivity contribution in [3.05, 3.63) is 124 Å². The Morgan fingerprint density at radius 1 is 1.15 bits per heavy atom. The van der Waals surface area contributed by atoms with Crippen molar-refractivity contribution in [2.45, 2.75) is 25.8 Å². The summed E-state index contributed by atoms with van der Waals surface area (Å²) in [7, 11) is 0. The number of nitrogens with one attached hydrogen (secondary N) is 2. The number of benzene rings is 3. The Balaban J connectivity index is 1.70. The van der Waals surface area contributed by atoms with Gasteiger partial charge in [0.1, 0.15) is 11.6 Å². The lowest BCUT2D eigenvalue weighted by Gasteiger charge is -2.19. The van der Waals surface area contributed by atoms with Gasteiger partial charge < -0.3 is 15.4 Å². The first-order chi connectivity index (χ1) is 19.2. The highest BCUT2D eigenvalue weighted by molar-refractivity contribution is 6.31. The van der Waals surface area contributed by atoms with E-state index in [1.54, 1.807) is 12.1 Å². The van der Waals surface area contributed by atoms with Crippen molar-refractivity contribution >= 4 is 57.3 Å². The molecular formula is C31H26Cl2FN3O3. The van der Waals surface area contributed by atoms with Crippen LogP contribution in [0.1, 0.15) is 63.5 Å². The summed E-state index contributed by atoms with van der Waals surface area (Å²) in [6.07, 6.45) is 4.71. The van der Waals surface area contributed by atoms with Gasteiger partial charge in [-0.15, -0.1) is 0 Å². The third-order valence-electron chi connectivity index (χ3n) is 6.36. The number of nitrogens with zero attached hydrogens (tertiary/aromatic N) is 1. The number of carbonyl (C=O) groups is 2. The summed E-state index contributed by atoms with van der Waals surface area (Å²) in [5, 5.41) is 13.0. The van der Waals surface area contributed by atoms with Crippen molar-refractivity contribution in [3.8, 4) is 0 Å². The molecular weight excluding hydrogens is 552 g/mol. The number of carboxylic acids is 1. The maximum Gasteiger partial charge on any atom is 0.336 e. The van der Waals surface area contributed by atoms with Gasteiger partial charge in [-0.1, -0.05) is 85.6 Å². The molecule has 4 aromatic rings. The molecule has 0 saturated carbocycles. The molecule has 0 radical (unpaired) electrons. The zero-order chi connectivity index (χ0) is 28.8. The smallest absolute Gasteiger partial charge is 0.336 e. The van der Waals surface area contributed by atoms with Gasteiger partial charge in [-0.3, -0.25) is 4.79 Å². The van der Waals surface area contributed by atoms with E-state index in [2.05, 4.69) is 21.9 Å². The highest BCUT2D eigenvalue weighted by atomic mass is 35.5. The predicted octanol–water partition coefficient (Wildman–Crippen LogP) is 8.17. The van der Waals surface area contributed by atoms with Gasteiger partial charge in [-0.2, -0.15) is 0 Å². The maximum absolute atomic E-state index is 14.0. The number of carboxylic acid groups (broad SMARTS) is 1. The van der Waals surface area contributed by atoms with E-state index in [9.17, 15) is 19.1 Å². The number of hydrogen-bond donors (Lipinski definition) is 3. The molecule has 204 valence electrons. The van der Waals surface area contributed by atoms with Crippen LogP contribution in [-0.4, -0.2) is 27.0 Å². The van der Waals surface area contributed by atoms with Gasteiger partial charge in [0.2, 0.25) is 0 Å². The molecule has 0 bridgehead atoms. The van der Waals surface area contributed by atoms with Crippen molar-refractivity contribution in [1.82, 2.24) is 15.3 Å². The number of aromatic amines is 1. The van der Waals surface area contributed by atoms with E-state index in [0.29, 0.717) is 28.0 Å². The van der Waals surface area contributed by atoms with Crippen LogP contribution in [0, 0.1) is 5.82 Å². The molecule has 0 saturated heterocycles. The second-order valence-corrected chi connectivity index (χ2v) is 9.70. The average Bonchev–Trinajstić information content (AvgIpc) is 3.35. The third kappa shape index (κ3) is 6.33. The lowest BCUT2D eigenvalue weighted by atomic mass is 9.92. The first-order valence-corrected chi connectivity index (χ1v) is 13.3. The summed E-state index contributed by atoms with van der Waals surface area (Å²) in [5.41, 5.74) is 4.14. The Hall–Kier alpha value is -4.20. The van der Waals surface area contributed by atoms with Crippen molar-refractivity contribution in [3.63, 3.8) is 0 Å². The van der Waals surface area contributed by atoms with Crippen LogP contribution in [0.2, 0.25) is 5.02 Å². The molecule has 3 N–H and O–H groups in total. The minimum Gasteiger partial charge on any atom is -0.478 e. The van der Waals surface area contributed by atoms with Crippen molar-refractivity contribution < 1.29 is 19.1 Å². The summed E-state index contributed by atoms with van der Waals surface area (Å²) >= 11 is 11.7. The molecule has 0 aliphatic carbocycles. The summed E-state index contributed by atoms with van der Waals surface area (Å²) in [4.78, 5) is 33.0. The molecule has 3 aromatic carbocycles. The van der Waals surface area contributed by atoms with Gasteiger partial charge in [-0.25, -0.2) is 14.2 Å². The molecule has 0 aliphatic rings. The second kappa shape index (κ2) is 12.8. The largest absolute Gasteiger partial charge is 0.478 e. The standard InChI is InChI=1S/C31H26Cl2FN3O3/c1-3-8-26(19-9-5-4-6-10-19)37-30(38)20-12-13-21(23(15-20)31(39)40)18(2)22(11-7-14-32)29-35-27-16-24(33)25(34)17-28(27)36-29/h4-7,9-17,26H,2-3,8H2,1H3,(H,35,36)(H,37,38)(H,39,40)/b14-7-,22-11+/t26-/m1/s1. The molecule has 1 heterocycles. The van der Waals surface area contributed by atoms with Crippen LogP contribution < -0.4 is 5.32 Å². The Kier molecular flexibility index (Phi) is 9.19. The van der Waals surface area contributed by atoms with E-state index in [0.717, 1.165) is 18.4 Å². The second-order valence-electron chi connectivity index (χ2n) is 9.04. The van der Waals surface area contributed by atoms with E-state index >= 15 is 0 Å². The summed E-state index contributed by atoms with van der Waals surface area (Å²) < 4.78 is 14.0. The molecule has 4 rings (SSSR count). The van der Waals surface area contributed by atoms with Crippen LogP contribution in [0.15, 0.2) is 84.9 Å². The van der Waals surface area contributed by atoms with E-state index in [-0.39, 0.29) is 33.7 Å². The van der Waals surface area contributed by atoms with Crippen LogP contribution in [0.3, 0.4) is 0 Å². The number of fused-ring (bicyclic) bond motifs is 1. The Morgan fingerprint density at radius 2 is 1.90 bits per heavy atom. The first kappa shape index (κ1) is 28.8. The zero-order valence-electron chi connectivity index (χ0n) is 21.5. The summed E-state index contributed by atoms with van der Waals surface area (Å²) in [6.45, 7) is 6.15. The normalized spacial score (nSPS) is 12.6. The van der Waals surface area contributed by atoms with Gasteiger partial charge in [0.15, 0.2) is 0 Å². The van der Waals surface area contributed by atoms with E-state index < -0.39 is 11.8 Å². The number of imidazole rings is 1. The number of allylic oxidation sites excluding steroid dienone is 4. The number of hydrogen-bond acceptors (Lipinski definition) is 3. The number of aromatic carboxylic acids is 1. The van der Waals surface area contributed by atoms with Gasteiger partial charge in [0.25, 0.3) is 5.91 Å². The SMILES string of the molecule is C=C(/C(=C\C=C/Cl)c1nc2cc(Cl)c(F)cc2[nH]1)c1ccc(C(=O)N[C@H](CCC)c2ccccc2)cc1C(=O)O. The van der Waals surface area contributed by atoms with Crippen LogP contribution in [0.25, 0.3) is 22.2 Å². The van der Waals surface area contributed by atoms with Gasteiger partial charge in [-0.05, 0) is 47.4 Å². The van der Waals surface area contributed by atoms with Crippen molar-refractivity contribution in [2.75, 3.05) is 0 Å². The lowest BCUT2D eigenvalue weighted by molar-refractivity contribution is 0.0696. The highest BCUT2D eigenvalue weighted by Gasteiger charge is 2.22. The molecule has 1 atom stereocenters. The topological polar surface area (TPSA) is 95.1 Å². The van der Waals surface area contributed by atoms with E-state index in [4.69, 9.17) is 23.2 Å². The maximum atomic E-state index is 14.0. The van der Waals surface area contributed by atoms with Crippen LogP contribution in [0.5, 0.6) is 0 Å². The van der Waals surface area contributed by atoms with Crippen LogP contribution >= 0.6 is 23.2 Å². The highest BCUT2D eigenvalue weighted by Crippen LogP contribution is 2.33. The van der Waals surface area contributed by atoms with Crippen molar-refractivity contribution in [2.24, 2.45) is 0 Å². The zero-order valence-corrected chi connectivity index (χ0v) is 23.1. The van der Waals surface area contributed by atoms with Crippen molar-refractivity contribution in [1.29, 1.82) is 0 Å². The number of halogens is 3. The number of H-pyrrole nitrogens is 1. The summed E-state index contributed by atoms with van der Waals surface area (Å²) in [5.74, 6) is -1.92. The number of rotatable bonds is 10. The monoisotopic (exact) mass is 577 g/mol. The Morgan fingerprint density at radius 3 is 2.58 bits per heavy atom. The number of aromatic nitrogens is 2. The molecule has 0 fully saturated rings. The van der Waals surface area contributed by atoms with Gasteiger partial charge in [0, 0.05) is 22.7 Å². The lowest BCUT2D eigenvalue weighted by Crippen LogP contribution is -2.28. The predicted molar refractivity (Wildman–Crippen MR) is 158 cm³/mol. The quantitative estimate of drug-likeness (QED) is 0.166. The molecule has 40 heavy (non-hydrogen) atoms. The number of carbonyl (C=O) groups excluding carboxylic acids is 1. The molecule has 1 aromatic heterocycles. The molecule has 6 nitrogen and oxygen atoms in total. The van der Waals surface area contributed by atoms with Gasteiger partial charge in [0.05, 0.1) is 27.7 Å². The summed E-state index contributed by atoms with van der Waals surface area (Å²) in [6, 6.07) is 16.4. The third-order valence-corrected chi connectivity index (χ3v) is 6.80. The molecule has 1 amide bonds. The Labute approximate surface area is 240 Å². The fraction of sp³-hybridized carbons (Fsp3) is 0.129. The minimum absolute atomic E-state index is 0.0778. The first-order valence-electron chi connectivity index (χ1n) is 12.5. The molecule has 0 spiro atoms. The van der Waals surface area contributed by atoms with Crippen LogP contribution in [-0.2, 0) is 0 Å².